The molecule has 15 heavy (non-hydrogen) atoms. The van der Waals surface area contributed by atoms with Crippen LogP contribution in [0, 0.1) is 0 Å². The van der Waals surface area contributed by atoms with Crippen molar-refractivity contribution in [1.82, 2.24) is 4.98 Å². The van der Waals surface area contributed by atoms with Gasteiger partial charge in [0.05, 0.1) is 5.56 Å². The summed E-state index contributed by atoms with van der Waals surface area (Å²) >= 11 is 6.03. The lowest BCUT2D eigenvalue weighted by Crippen LogP contribution is -2.06. The van der Waals surface area contributed by atoms with Crippen molar-refractivity contribution in [2.24, 2.45) is 0 Å². The third kappa shape index (κ3) is 2.72. The van der Waals surface area contributed by atoms with Gasteiger partial charge in [-0.05, 0) is 22.0 Å². The van der Waals surface area contributed by atoms with Gasteiger partial charge in [-0.25, -0.2) is 18.6 Å². The zero-order chi connectivity index (χ0) is 11.6. The minimum absolute atomic E-state index is 0.120. The predicted octanol–water partition coefficient (Wildman–Crippen LogP) is 3.37. The first-order valence-electron chi connectivity index (χ1n) is 3.74. The first-order valence-corrected chi connectivity index (χ1v) is 5.65. The van der Waals surface area contributed by atoms with Crippen molar-refractivity contribution in [2.75, 3.05) is 0 Å². The molecule has 0 unspecified atom stereocenters. The zero-order valence-electron chi connectivity index (χ0n) is 7.18. The number of hydrogen-bond donors (Lipinski definition) is 1. The fraction of sp³-hybridized carbons (Fsp3) is 0.250. The van der Waals surface area contributed by atoms with Crippen LogP contribution in [0.3, 0.4) is 0 Å². The Morgan fingerprint density at radius 1 is 1.60 bits per heavy atom. The number of carboxylic acid groups (broad SMARTS) is 1. The molecule has 7 heteroatoms. The van der Waals surface area contributed by atoms with Gasteiger partial charge in [-0.1, -0.05) is 15.9 Å². The first-order chi connectivity index (χ1) is 6.97. The van der Waals surface area contributed by atoms with Gasteiger partial charge >= 0.3 is 5.97 Å². The van der Waals surface area contributed by atoms with E-state index in [1.54, 1.807) is 0 Å². The second-order valence-corrected chi connectivity index (χ2v) is 3.92. The molecule has 0 amide bonds. The molecule has 82 valence electrons. The van der Waals surface area contributed by atoms with Crippen molar-refractivity contribution in [2.45, 2.75) is 11.8 Å². The summed E-state index contributed by atoms with van der Waals surface area (Å²) in [5.41, 5.74) is -0.389. The molecule has 1 heterocycles. The summed E-state index contributed by atoms with van der Waals surface area (Å²) in [4.78, 5) is 14.4. The molecule has 0 saturated carbocycles. The summed E-state index contributed by atoms with van der Waals surface area (Å²) in [5.74, 6) is -1.26. The van der Waals surface area contributed by atoms with E-state index in [9.17, 15) is 13.6 Å². The summed E-state index contributed by atoms with van der Waals surface area (Å²) in [7, 11) is 0. The number of nitrogens with zero attached hydrogens (tertiary/aromatic N) is 1. The normalized spacial score (nSPS) is 10.7. The number of hydrogen-bond acceptors (Lipinski definition) is 2. The predicted molar refractivity (Wildman–Crippen MR) is 56.5 cm³/mol. The monoisotopic (exact) mass is 343 g/mol. The van der Waals surface area contributed by atoms with Crippen LogP contribution in [0.1, 0.15) is 28.0 Å². The maximum Gasteiger partial charge on any atom is 0.336 e. The molecule has 1 aromatic heterocycles. The molecule has 0 aliphatic carbocycles. The highest BCUT2D eigenvalue weighted by molar-refractivity contribution is 9.10. The van der Waals surface area contributed by atoms with Crippen LogP contribution in [0.2, 0.25) is 0 Å². The molecule has 0 fully saturated rings. The fourth-order valence-corrected chi connectivity index (χ4v) is 2.49. The lowest BCUT2D eigenvalue weighted by Gasteiger charge is -2.07. The van der Waals surface area contributed by atoms with Gasteiger partial charge in [0.1, 0.15) is 10.3 Å². The van der Waals surface area contributed by atoms with E-state index < -0.39 is 18.1 Å². The van der Waals surface area contributed by atoms with Crippen LogP contribution >= 0.6 is 31.9 Å². The summed E-state index contributed by atoms with van der Waals surface area (Å²) < 4.78 is 24.8. The van der Waals surface area contributed by atoms with E-state index in [1.165, 1.54) is 0 Å². The van der Waals surface area contributed by atoms with E-state index in [0.717, 1.165) is 6.07 Å². The van der Waals surface area contributed by atoms with Crippen LogP contribution in [0.5, 0.6) is 0 Å². The average Bonchev–Trinajstić information content (AvgIpc) is 2.16. The molecule has 0 atom stereocenters. The van der Waals surface area contributed by atoms with E-state index in [1.807, 2.05) is 0 Å². The third-order valence-corrected chi connectivity index (χ3v) is 2.90. The van der Waals surface area contributed by atoms with Gasteiger partial charge in [-0.15, -0.1) is 0 Å². The smallest absolute Gasteiger partial charge is 0.336 e. The van der Waals surface area contributed by atoms with Crippen molar-refractivity contribution < 1.29 is 18.7 Å². The molecule has 1 aromatic rings. The third-order valence-electron chi connectivity index (χ3n) is 1.68. The summed E-state index contributed by atoms with van der Waals surface area (Å²) in [6.45, 7) is 0. The molecular weight excluding hydrogens is 340 g/mol. The maximum absolute atomic E-state index is 12.3. The highest BCUT2D eigenvalue weighted by Crippen LogP contribution is 2.26. The standard InChI is InChI=1S/C8H5Br2F2NO2/c9-2-4-3(8(14)15)1-5(7(11)12)13-6(4)10/h1,7H,2H2,(H,14,15). The van der Waals surface area contributed by atoms with Crippen molar-refractivity contribution >= 4 is 37.8 Å². The van der Waals surface area contributed by atoms with Gasteiger partial charge in [0.15, 0.2) is 0 Å². The van der Waals surface area contributed by atoms with E-state index in [0.29, 0.717) is 5.56 Å². The van der Waals surface area contributed by atoms with E-state index >= 15 is 0 Å². The molecule has 0 aliphatic heterocycles. The lowest BCUT2D eigenvalue weighted by molar-refractivity contribution is 0.0695. The maximum atomic E-state index is 12.3. The van der Waals surface area contributed by atoms with E-state index in [4.69, 9.17) is 5.11 Å². The molecule has 1 rings (SSSR count). The van der Waals surface area contributed by atoms with Gasteiger partial charge in [0.2, 0.25) is 0 Å². The summed E-state index contributed by atoms with van der Waals surface area (Å²) in [5, 5.41) is 9.04. The second kappa shape index (κ2) is 4.98. The molecule has 0 aromatic carbocycles. The van der Waals surface area contributed by atoms with Crippen LogP contribution in [0.15, 0.2) is 10.7 Å². The van der Waals surface area contributed by atoms with Gasteiger partial charge in [-0.2, -0.15) is 0 Å². The average molecular weight is 345 g/mol. The fourth-order valence-electron chi connectivity index (χ4n) is 0.989. The Hall–Kier alpha value is -0.560. The van der Waals surface area contributed by atoms with Gasteiger partial charge in [0, 0.05) is 10.9 Å². The van der Waals surface area contributed by atoms with E-state index in [-0.39, 0.29) is 15.5 Å². The Bertz CT molecular complexity index is 398. The number of halogens is 4. The van der Waals surface area contributed by atoms with Crippen molar-refractivity contribution in [3.8, 4) is 0 Å². The van der Waals surface area contributed by atoms with Crippen LogP contribution in [-0.2, 0) is 5.33 Å². The van der Waals surface area contributed by atoms with Crippen molar-refractivity contribution in [1.29, 1.82) is 0 Å². The van der Waals surface area contributed by atoms with Crippen LogP contribution in [-0.4, -0.2) is 16.1 Å². The molecule has 1 N–H and O–H groups in total. The number of alkyl halides is 3. The Kier molecular flexibility index (Phi) is 4.15. The lowest BCUT2D eigenvalue weighted by atomic mass is 10.1. The molecule has 0 spiro atoms. The highest BCUT2D eigenvalue weighted by atomic mass is 79.9. The Morgan fingerprint density at radius 3 is 2.60 bits per heavy atom. The van der Waals surface area contributed by atoms with E-state index in [2.05, 4.69) is 36.8 Å². The van der Waals surface area contributed by atoms with Gasteiger partial charge in [0.25, 0.3) is 6.43 Å². The van der Waals surface area contributed by atoms with Crippen molar-refractivity contribution in [3.05, 3.63) is 27.5 Å². The number of carboxylic acids is 1. The molecule has 0 aliphatic rings. The Labute approximate surface area is 101 Å². The topological polar surface area (TPSA) is 50.2 Å². The molecular formula is C8H5Br2F2NO2. The molecule has 3 nitrogen and oxygen atoms in total. The first kappa shape index (κ1) is 12.5. The Balaban J connectivity index is 3.38. The quantitative estimate of drug-likeness (QED) is 0.675. The minimum atomic E-state index is -2.79. The summed E-state index contributed by atoms with van der Waals surface area (Å²) in [6, 6.07) is 0.883. The number of aromatic nitrogens is 1. The second-order valence-electron chi connectivity index (χ2n) is 2.60. The van der Waals surface area contributed by atoms with Crippen molar-refractivity contribution in [3.63, 3.8) is 0 Å². The van der Waals surface area contributed by atoms with Crippen LogP contribution in [0.4, 0.5) is 8.78 Å². The SMILES string of the molecule is O=C(O)c1cc(C(F)F)nc(Br)c1CBr. The van der Waals surface area contributed by atoms with Crippen LogP contribution < -0.4 is 0 Å². The van der Waals surface area contributed by atoms with Gasteiger partial charge in [-0.3, -0.25) is 0 Å². The minimum Gasteiger partial charge on any atom is -0.478 e. The molecule has 0 saturated heterocycles. The largest absolute Gasteiger partial charge is 0.478 e. The highest BCUT2D eigenvalue weighted by Gasteiger charge is 2.19. The number of aromatic carboxylic acids is 1. The summed E-state index contributed by atoms with van der Waals surface area (Å²) in [6.07, 6.45) is -2.79. The number of carbonyl (C=O) groups is 1. The number of pyridine rings is 1. The van der Waals surface area contributed by atoms with Gasteiger partial charge < -0.3 is 5.11 Å². The Morgan fingerprint density at radius 2 is 2.20 bits per heavy atom. The molecule has 0 bridgehead atoms. The number of rotatable bonds is 3. The molecule has 0 radical (unpaired) electrons. The zero-order valence-corrected chi connectivity index (χ0v) is 10.3. The van der Waals surface area contributed by atoms with Crippen LogP contribution in [0.25, 0.3) is 0 Å².